The summed E-state index contributed by atoms with van der Waals surface area (Å²) in [5.41, 5.74) is 17.2. The smallest absolute Gasteiger partial charge is 0.408 e. The van der Waals surface area contributed by atoms with Gasteiger partial charge in [-0.25, -0.2) is 9.59 Å². The summed E-state index contributed by atoms with van der Waals surface area (Å²) >= 11 is 0. The van der Waals surface area contributed by atoms with Gasteiger partial charge >= 0.3 is 12.1 Å². The van der Waals surface area contributed by atoms with Crippen LogP contribution >= 0.6 is 0 Å². The summed E-state index contributed by atoms with van der Waals surface area (Å²) in [4.78, 5) is 195. The molecule has 0 radical (unpaired) electrons. The molecule has 1 aliphatic heterocycles. The minimum atomic E-state index is -2.59. The van der Waals surface area contributed by atoms with E-state index >= 15 is 19.2 Å². The molecule has 0 bridgehead atoms. The molecule has 11 amide bonds. The summed E-state index contributed by atoms with van der Waals surface area (Å²) < 4.78 is 11.7. The summed E-state index contributed by atoms with van der Waals surface area (Å²) in [6.07, 6.45) is -3.45. The van der Waals surface area contributed by atoms with Gasteiger partial charge in [-0.05, 0) is 86.2 Å². The number of allylic oxidation sites excluding steroid dienone is 3. The van der Waals surface area contributed by atoms with Crippen LogP contribution in [0.5, 0.6) is 0 Å². The lowest BCUT2D eigenvalue weighted by Crippen LogP contribution is -2.68. The zero-order valence-corrected chi connectivity index (χ0v) is 62.2. The number of carbonyl (C=O) groups is 13. The number of hydrogen-bond acceptors (Lipinski definition) is 21. The van der Waals surface area contributed by atoms with Crippen LogP contribution in [-0.2, 0) is 80.2 Å². The van der Waals surface area contributed by atoms with Gasteiger partial charge < -0.3 is 106 Å². The quantitative estimate of drug-likeness (QED) is 0.0212. The maximum Gasteiger partial charge on any atom is 0.408 e. The number of aliphatic hydroxyl groups is 4. The van der Waals surface area contributed by atoms with E-state index in [1.54, 1.807) is 114 Å². The third kappa shape index (κ3) is 25.7. The zero-order chi connectivity index (χ0) is 79.6. The van der Waals surface area contributed by atoms with Crippen LogP contribution in [0.4, 0.5) is 4.79 Å². The number of guanidine groups is 1. The number of nitrogens with two attached hydrogens (primary N) is 3. The zero-order valence-electron chi connectivity index (χ0n) is 62.2. The van der Waals surface area contributed by atoms with Crippen molar-refractivity contribution in [3.05, 3.63) is 96.1 Å². The first-order chi connectivity index (χ1) is 50.5. The number of rotatable bonds is 25. The summed E-state index contributed by atoms with van der Waals surface area (Å²) in [5, 5.41) is 73.0. The maximum absolute atomic E-state index is 16.2. The molecule has 2 aromatic carbocycles. The van der Waals surface area contributed by atoms with Crippen molar-refractivity contribution in [1.29, 1.82) is 0 Å². The molecule has 0 spiro atoms. The molecule has 107 heavy (non-hydrogen) atoms. The number of cyclic esters (lactones) is 1. The van der Waals surface area contributed by atoms with Gasteiger partial charge in [-0.3, -0.25) is 57.7 Å². The Balaban J connectivity index is 1.73. The van der Waals surface area contributed by atoms with Crippen molar-refractivity contribution >= 4 is 82.9 Å². The Kier molecular flexibility index (Phi) is 34.3. The Hall–Kier alpha value is -9.90. The predicted octanol–water partition coefficient (Wildman–Crippen LogP) is -2.48. The molecule has 2 aliphatic carbocycles. The Bertz CT molecular complexity index is 3500. The van der Waals surface area contributed by atoms with Gasteiger partial charge in [0.15, 0.2) is 23.9 Å². The van der Waals surface area contributed by atoms with Crippen LogP contribution in [-0.4, -0.2) is 207 Å². The van der Waals surface area contributed by atoms with Crippen molar-refractivity contribution in [2.24, 2.45) is 63.6 Å². The van der Waals surface area contributed by atoms with E-state index in [0.717, 1.165) is 6.92 Å². The highest BCUT2D eigenvalue weighted by Gasteiger charge is 2.62. The average Bonchev–Trinajstić information content (AvgIpc) is 1.62. The second-order valence-corrected chi connectivity index (χ2v) is 28.7. The lowest BCUT2D eigenvalue weighted by molar-refractivity contribution is -0.166. The van der Waals surface area contributed by atoms with Crippen LogP contribution in [0.15, 0.2) is 90.0 Å². The number of ether oxygens (including phenoxy) is 2. The van der Waals surface area contributed by atoms with Crippen molar-refractivity contribution in [2.45, 2.75) is 212 Å². The number of ketones is 1. The van der Waals surface area contributed by atoms with Gasteiger partial charge in [0.2, 0.25) is 53.2 Å². The molecule has 5 rings (SSSR count). The molecule has 1 saturated heterocycles. The molecular weight excluding hydrogens is 1390 g/mol. The van der Waals surface area contributed by atoms with Gasteiger partial charge in [-0.1, -0.05) is 154 Å². The number of hydrogen-bond donors (Lipinski definition) is 18. The molecule has 2 aromatic rings. The number of aliphatic hydroxyl groups excluding tert-OH is 4. The molecule has 21 N–H and O–H groups in total. The highest BCUT2D eigenvalue weighted by Crippen LogP contribution is 2.42. The molecule has 0 aromatic heterocycles. The normalized spacial score (nSPS) is 27.0. The van der Waals surface area contributed by atoms with Crippen LogP contribution in [0.2, 0.25) is 0 Å². The third-order valence-corrected chi connectivity index (χ3v) is 18.9. The fraction of sp³-hybridized carbons (Fsp3) is 0.589. The number of benzene rings is 2. The molecule has 3 aliphatic rings. The molecule has 1 heterocycles. The Labute approximate surface area is 622 Å². The number of alkyl carbamates (subject to hydrolysis) is 1. The van der Waals surface area contributed by atoms with Crippen molar-refractivity contribution in [2.75, 3.05) is 19.7 Å². The summed E-state index contributed by atoms with van der Waals surface area (Å²) in [5.74, 6) is -21.6. The van der Waals surface area contributed by atoms with Gasteiger partial charge in [-0.15, -0.1) is 0 Å². The number of Topliss-reactive ketones (excluding diaryl/α,β-unsaturated/α-hetero) is 1. The number of nitrogens with one attached hydrogen (secondary N) is 11. The molecule has 18 atom stereocenters. The van der Waals surface area contributed by atoms with E-state index in [-0.39, 0.29) is 76.5 Å². The van der Waals surface area contributed by atoms with E-state index < -0.39 is 210 Å². The molecule has 34 nitrogen and oxygen atoms in total. The molecular formula is C73H109N15O19. The molecule has 3 unspecified atom stereocenters. The molecule has 2 fully saturated rings. The predicted molar refractivity (Wildman–Crippen MR) is 390 cm³/mol. The standard InChI is InChI=1S/C73H109N15O19/c1-11-40(8)53-66(100)87-54(42(10)90)65(99)79-34-51(91)85-56(58(93)69(103)78-33-43-22-15-12-16-23-43)68(102)83-50(35-89)70(104)107-59(45-26-19-14-20-27-45)52(73(76)41(9)32-47(60(73)94)81-63(97)49(31-38(4)5)84-72(105)106-36-44-24-17-13-18-25-44)64(98)88-55(57(92)39(6)7)67(101)82-48(30-37(2)3)62(96)80-46(61(95)86-53)28-21-29-77-71(74)75/h12-20,22-26,37-42,45-50,52-59,89-90,92-93H,11,21,27-36,76H2,1-10H3,(H,78,103)(H,79,99)(H,80,96)(H,81,97)(H,82,101)(H,83,102)(H,84,105)(H,85,91)(H,86,95)(H,87,100)(H,88,98)(H4,74,75,77)/t40-,41?,42-,45?,46+,47-,48-,49+,50-,52-,53-,54-,55-,56-,57+,58-,59+,73?/m0/s1. The minimum absolute atomic E-state index is 0.0252. The summed E-state index contributed by atoms with van der Waals surface area (Å²) in [7, 11) is 0. The van der Waals surface area contributed by atoms with E-state index in [1.165, 1.54) is 32.9 Å². The monoisotopic (exact) mass is 1500 g/mol. The number of esters is 1. The number of nitrogens with zero attached hydrogens (tertiary/aromatic N) is 1. The van der Waals surface area contributed by atoms with Crippen LogP contribution in [0, 0.1) is 41.4 Å². The van der Waals surface area contributed by atoms with Crippen molar-refractivity contribution < 1.29 is 92.2 Å². The van der Waals surface area contributed by atoms with E-state index in [1.807, 2.05) is 0 Å². The SMILES string of the molecule is CC[C@H](C)[C@@H]1NC(=O)[C@@H](CCCN=C(N)N)NC(=O)[C@H](CC(C)C)NC(=O)[C@H]([C@H](O)C(C)C)NC(=O)[C@@H](C2(N)C(=O)[C@@H](NC(=O)[C@@H](CC(C)C)NC(=O)OCc3ccccc3)CC2C)[C@@H](C2C=CC=CC2)OC(=O)[C@H](CO)NC(=O)[C@H]([C@H](O)C(=O)NCc2ccccc2)NC(=O)CNC(=O)[C@H]([C@H](C)O)NC1=O. The van der Waals surface area contributed by atoms with E-state index in [2.05, 4.69) is 63.5 Å². The lowest BCUT2D eigenvalue weighted by Gasteiger charge is -2.42. The highest BCUT2D eigenvalue weighted by molar-refractivity contribution is 6.04. The maximum atomic E-state index is 16.2. The molecule has 1 saturated carbocycles. The van der Waals surface area contributed by atoms with Crippen LogP contribution in [0.3, 0.4) is 0 Å². The van der Waals surface area contributed by atoms with Gasteiger partial charge in [-0.2, -0.15) is 0 Å². The fourth-order valence-corrected chi connectivity index (χ4v) is 12.6. The average molecular weight is 1500 g/mol. The number of amides is 11. The lowest BCUT2D eigenvalue weighted by atomic mass is 9.69. The van der Waals surface area contributed by atoms with Gasteiger partial charge in [0.05, 0.1) is 36.9 Å². The Morgan fingerprint density at radius 3 is 1.86 bits per heavy atom. The highest BCUT2D eigenvalue weighted by atomic mass is 16.6. The third-order valence-electron chi connectivity index (χ3n) is 18.9. The van der Waals surface area contributed by atoms with E-state index in [4.69, 9.17) is 26.7 Å². The van der Waals surface area contributed by atoms with E-state index in [9.17, 15) is 63.6 Å². The molecule has 34 heteroatoms. The number of aliphatic imine (C=N–C) groups is 1. The number of carbonyl (C=O) groups excluding carboxylic acids is 13. The first kappa shape index (κ1) is 87.7. The Morgan fingerprint density at radius 2 is 1.28 bits per heavy atom. The van der Waals surface area contributed by atoms with Crippen LogP contribution < -0.4 is 75.7 Å². The van der Waals surface area contributed by atoms with Gasteiger partial charge in [0.25, 0.3) is 5.91 Å². The first-order valence-electron chi connectivity index (χ1n) is 36.1. The second kappa shape index (κ2) is 41.9. The summed E-state index contributed by atoms with van der Waals surface area (Å²) in [6.45, 7) is 12.8. The summed E-state index contributed by atoms with van der Waals surface area (Å²) in [6, 6.07) is 0.748. The topological polar surface area (TPSA) is 544 Å². The van der Waals surface area contributed by atoms with Crippen molar-refractivity contribution in [1.82, 2.24) is 58.5 Å². The van der Waals surface area contributed by atoms with Gasteiger partial charge in [0, 0.05) is 19.0 Å². The largest absolute Gasteiger partial charge is 0.459 e. The van der Waals surface area contributed by atoms with Crippen molar-refractivity contribution in [3.63, 3.8) is 0 Å². The van der Waals surface area contributed by atoms with Crippen LogP contribution in [0.1, 0.15) is 125 Å². The Morgan fingerprint density at radius 1 is 0.692 bits per heavy atom. The molecule has 590 valence electrons. The fourth-order valence-electron chi connectivity index (χ4n) is 12.6. The second-order valence-electron chi connectivity index (χ2n) is 28.7. The minimum Gasteiger partial charge on any atom is -0.459 e. The van der Waals surface area contributed by atoms with Gasteiger partial charge in [0.1, 0.15) is 60.9 Å². The van der Waals surface area contributed by atoms with Crippen LogP contribution in [0.25, 0.3) is 0 Å². The van der Waals surface area contributed by atoms with E-state index in [0.29, 0.717) is 11.1 Å². The van der Waals surface area contributed by atoms with Crippen molar-refractivity contribution in [3.8, 4) is 0 Å². The first-order valence-corrected chi connectivity index (χ1v) is 36.1.